The summed E-state index contributed by atoms with van der Waals surface area (Å²) in [6.45, 7) is 8.95. The number of aryl methyl sites for hydroxylation is 2. The Morgan fingerprint density at radius 3 is 2.44 bits per heavy atom. The highest BCUT2D eigenvalue weighted by molar-refractivity contribution is 8.00. The van der Waals surface area contributed by atoms with Gasteiger partial charge in [-0.2, -0.15) is 13.2 Å². The van der Waals surface area contributed by atoms with E-state index in [4.69, 9.17) is 5.11 Å². The predicted octanol–water partition coefficient (Wildman–Crippen LogP) is 8.33. The maximum atomic E-state index is 13.3. The van der Waals surface area contributed by atoms with Gasteiger partial charge in [-0.15, -0.1) is 11.3 Å². The molecule has 5 rings (SSSR count). The van der Waals surface area contributed by atoms with E-state index in [-0.39, 0.29) is 12.0 Å². The lowest BCUT2D eigenvalue weighted by Gasteiger charge is -2.19. The zero-order chi connectivity index (χ0) is 30.2. The van der Waals surface area contributed by atoms with E-state index < -0.39 is 17.6 Å². The van der Waals surface area contributed by atoms with Crippen molar-refractivity contribution in [2.45, 2.75) is 51.6 Å². The van der Waals surface area contributed by atoms with Gasteiger partial charge in [0, 0.05) is 29.0 Å². The Bertz CT molecular complexity index is 1470. The van der Waals surface area contributed by atoms with Gasteiger partial charge in [0.2, 0.25) is 5.91 Å². The molecular formula is C31H34F3N3O2S2. The van der Waals surface area contributed by atoms with Crippen molar-refractivity contribution in [1.82, 2.24) is 4.98 Å². The maximum absolute atomic E-state index is 13.3. The van der Waals surface area contributed by atoms with E-state index in [0.29, 0.717) is 5.13 Å². The minimum Gasteiger partial charge on any atom is -0.400 e. The number of aromatic nitrogens is 1. The van der Waals surface area contributed by atoms with Crippen molar-refractivity contribution in [3.8, 4) is 11.3 Å². The van der Waals surface area contributed by atoms with Crippen LogP contribution in [0.4, 0.5) is 24.0 Å². The molecule has 41 heavy (non-hydrogen) atoms. The number of hydrogen-bond acceptors (Lipinski definition) is 6. The van der Waals surface area contributed by atoms with Gasteiger partial charge in [-0.3, -0.25) is 4.79 Å². The number of halogens is 3. The Morgan fingerprint density at radius 1 is 1.05 bits per heavy atom. The van der Waals surface area contributed by atoms with E-state index in [2.05, 4.69) is 45.8 Å². The molecule has 0 aliphatic carbocycles. The smallest absolute Gasteiger partial charge is 0.400 e. The summed E-state index contributed by atoms with van der Waals surface area (Å²) in [7, 11) is 1.00. The third kappa shape index (κ3) is 7.90. The lowest BCUT2D eigenvalue weighted by atomic mass is 10.0. The molecule has 0 bridgehead atoms. The number of rotatable bonds is 6. The van der Waals surface area contributed by atoms with Gasteiger partial charge in [0.15, 0.2) is 5.13 Å². The van der Waals surface area contributed by atoms with E-state index >= 15 is 0 Å². The van der Waals surface area contributed by atoms with Gasteiger partial charge in [0.1, 0.15) is 0 Å². The predicted molar refractivity (Wildman–Crippen MR) is 164 cm³/mol. The highest BCUT2D eigenvalue weighted by Crippen LogP contribution is 2.40. The third-order valence-corrected chi connectivity index (χ3v) is 8.37. The van der Waals surface area contributed by atoms with E-state index in [9.17, 15) is 18.0 Å². The number of aliphatic hydroxyl groups is 1. The van der Waals surface area contributed by atoms with Gasteiger partial charge >= 0.3 is 6.18 Å². The molecule has 0 spiro atoms. The zero-order valence-electron chi connectivity index (χ0n) is 23.7. The maximum Gasteiger partial charge on any atom is 0.416 e. The summed E-state index contributed by atoms with van der Waals surface area (Å²) in [5.41, 5.74) is 4.53. The average Bonchev–Trinajstić information content (AvgIpc) is 3.53. The number of benzene rings is 3. The first-order chi connectivity index (χ1) is 19.7. The largest absolute Gasteiger partial charge is 0.416 e. The highest BCUT2D eigenvalue weighted by Gasteiger charge is 2.33. The van der Waals surface area contributed by atoms with Crippen LogP contribution in [-0.4, -0.2) is 29.7 Å². The monoisotopic (exact) mass is 601 g/mol. The third-order valence-electron chi connectivity index (χ3n) is 6.22. The van der Waals surface area contributed by atoms with Gasteiger partial charge in [0.25, 0.3) is 0 Å². The number of amides is 1. The van der Waals surface area contributed by atoms with Crippen LogP contribution in [0, 0.1) is 13.8 Å². The highest BCUT2D eigenvalue weighted by atomic mass is 32.2. The van der Waals surface area contributed by atoms with Crippen molar-refractivity contribution < 1.29 is 23.1 Å². The molecule has 2 heterocycles. The number of anilines is 2. The number of hydrogen-bond donors (Lipinski definition) is 2. The molecule has 3 aromatic carbocycles. The summed E-state index contributed by atoms with van der Waals surface area (Å²) in [6, 6.07) is 19.7. The number of thiazole rings is 1. The molecule has 0 saturated heterocycles. The quantitative estimate of drug-likeness (QED) is 0.218. The van der Waals surface area contributed by atoms with Crippen molar-refractivity contribution in [2.75, 3.05) is 23.3 Å². The summed E-state index contributed by atoms with van der Waals surface area (Å²) in [5, 5.41) is 10.1. The second-order valence-electron chi connectivity index (χ2n) is 8.86. The van der Waals surface area contributed by atoms with Crippen LogP contribution in [0.2, 0.25) is 0 Å². The molecule has 0 fully saturated rings. The standard InChI is InChI=1S/C28H24F3N3OS2.C2H6.CH4O/c1-17-7-3-6-10-24(17)37-34-14-13-20-15-21(11-12-23(20)34)26-18(2)36-27(33-26)32-25(35)16-19-8-4-5-9-22(19)28(29,30)31;2*1-2/h3-12,15H,13-14,16H2,1-2H3,(H,32,33,35);1-2H3;2H,1H3. The molecular weight excluding hydrogens is 567 g/mol. The van der Waals surface area contributed by atoms with Crippen molar-refractivity contribution in [3.05, 3.63) is 93.9 Å². The molecule has 5 nitrogen and oxygen atoms in total. The number of aliphatic hydroxyl groups excluding tert-OH is 1. The number of fused-ring (bicyclic) bond motifs is 1. The number of carbonyl (C=O) groups is 1. The number of carbonyl (C=O) groups excluding carboxylic acids is 1. The molecule has 1 aromatic heterocycles. The Balaban J connectivity index is 0.00000111. The Kier molecular flexibility index (Phi) is 11.4. The molecule has 218 valence electrons. The number of nitrogens with zero attached hydrogens (tertiary/aromatic N) is 2. The topological polar surface area (TPSA) is 65.5 Å². The second kappa shape index (κ2) is 14.5. The minimum absolute atomic E-state index is 0.0623. The van der Waals surface area contributed by atoms with Crippen LogP contribution < -0.4 is 9.62 Å². The van der Waals surface area contributed by atoms with Crippen LogP contribution in [-0.2, 0) is 23.8 Å². The van der Waals surface area contributed by atoms with Crippen LogP contribution in [0.3, 0.4) is 0 Å². The molecule has 0 radical (unpaired) electrons. The molecule has 0 unspecified atom stereocenters. The lowest BCUT2D eigenvalue weighted by Crippen LogP contribution is -2.17. The number of nitrogens with one attached hydrogen (secondary N) is 1. The van der Waals surface area contributed by atoms with Gasteiger partial charge in [0.05, 0.1) is 23.4 Å². The normalized spacial score (nSPS) is 12.1. The van der Waals surface area contributed by atoms with E-state index in [1.54, 1.807) is 11.9 Å². The van der Waals surface area contributed by atoms with Crippen molar-refractivity contribution in [2.24, 2.45) is 0 Å². The molecule has 1 aliphatic heterocycles. The summed E-state index contributed by atoms with van der Waals surface area (Å²) >= 11 is 3.06. The first-order valence-corrected chi connectivity index (χ1v) is 14.8. The molecule has 2 N–H and O–H groups in total. The molecule has 10 heteroatoms. The number of alkyl halides is 3. The molecule has 4 aromatic rings. The average molecular weight is 602 g/mol. The molecule has 0 atom stereocenters. The fourth-order valence-electron chi connectivity index (χ4n) is 4.40. The summed E-state index contributed by atoms with van der Waals surface area (Å²) < 4.78 is 42.1. The van der Waals surface area contributed by atoms with Crippen LogP contribution in [0.5, 0.6) is 0 Å². The van der Waals surface area contributed by atoms with E-state index in [0.717, 1.165) is 42.3 Å². The van der Waals surface area contributed by atoms with Crippen molar-refractivity contribution in [3.63, 3.8) is 0 Å². The summed E-state index contributed by atoms with van der Waals surface area (Å²) in [4.78, 5) is 19.3. The molecule has 1 amide bonds. The minimum atomic E-state index is -4.51. The first kappa shape index (κ1) is 32.2. The summed E-state index contributed by atoms with van der Waals surface area (Å²) in [5.74, 6) is -0.533. The lowest BCUT2D eigenvalue weighted by molar-refractivity contribution is -0.138. The fraction of sp³-hybridized carbons (Fsp3) is 0.290. The van der Waals surface area contributed by atoms with Crippen molar-refractivity contribution in [1.29, 1.82) is 0 Å². The Morgan fingerprint density at radius 2 is 1.73 bits per heavy atom. The fourth-order valence-corrected chi connectivity index (χ4v) is 6.30. The van der Waals surface area contributed by atoms with Gasteiger partial charge in [-0.05, 0) is 73.2 Å². The van der Waals surface area contributed by atoms with Crippen LogP contribution in [0.15, 0.2) is 71.6 Å². The van der Waals surface area contributed by atoms with Crippen molar-refractivity contribution >= 4 is 40.0 Å². The second-order valence-corrected chi connectivity index (χ2v) is 11.1. The van der Waals surface area contributed by atoms with Gasteiger partial charge in [-0.1, -0.05) is 56.3 Å². The molecule has 0 saturated carbocycles. The Labute approximate surface area is 247 Å². The SMILES string of the molecule is CC.CO.Cc1ccccc1SN1CCc2cc(-c3nc(NC(=O)Cc4ccccc4C(F)(F)F)sc3C)ccc21. The molecule has 1 aliphatic rings. The van der Waals surface area contributed by atoms with E-state index in [1.807, 2.05) is 39.0 Å². The zero-order valence-corrected chi connectivity index (χ0v) is 25.3. The van der Waals surface area contributed by atoms with Crippen LogP contribution in [0.25, 0.3) is 11.3 Å². The van der Waals surface area contributed by atoms with E-state index in [1.165, 1.54) is 51.2 Å². The van der Waals surface area contributed by atoms with Gasteiger partial charge < -0.3 is 14.7 Å². The van der Waals surface area contributed by atoms with Crippen LogP contribution in [0.1, 0.15) is 41.0 Å². The summed E-state index contributed by atoms with van der Waals surface area (Å²) in [6.07, 6.45) is -3.96. The first-order valence-electron chi connectivity index (χ1n) is 13.2. The van der Waals surface area contributed by atoms with Gasteiger partial charge in [-0.25, -0.2) is 4.98 Å². The van der Waals surface area contributed by atoms with Crippen LogP contribution >= 0.6 is 23.3 Å². The Hall–Kier alpha value is -3.34.